The lowest BCUT2D eigenvalue weighted by Crippen LogP contribution is -2.14. The molecule has 2 rings (SSSR count). The van der Waals surface area contributed by atoms with Crippen LogP contribution in [-0.2, 0) is 4.79 Å². The summed E-state index contributed by atoms with van der Waals surface area (Å²) in [6, 6.07) is 11.5. The second-order valence-corrected chi connectivity index (χ2v) is 5.89. The Balaban J connectivity index is 2.30. The van der Waals surface area contributed by atoms with Gasteiger partial charge >= 0.3 is 6.61 Å². The zero-order valence-corrected chi connectivity index (χ0v) is 15.8. The van der Waals surface area contributed by atoms with Crippen LogP contribution in [0.25, 0.3) is 6.08 Å². The second kappa shape index (κ2) is 9.51. The van der Waals surface area contributed by atoms with E-state index in [1.54, 1.807) is 13.0 Å². The van der Waals surface area contributed by atoms with Crippen molar-refractivity contribution in [3.05, 3.63) is 58.7 Å². The highest BCUT2D eigenvalue weighted by Crippen LogP contribution is 2.30. The molecule has 1 N–H and O–H groups in total. The zero-order chi connectivity index (χ0) is 20.7. The molecule has 2 aromatic rings. The fourth-order valence-corrected chi connectivity index (χ4v) is 2.47. The standard InChI is InChI=1S/C21H20F2N2O3/c1-4-27-19-11-15(8-9-18(19)28-21(22)23)10-16(12-24)20(26)25-17-7-5-6-13(2)14(17)3/h5-11,21H,4H2,1-3H3,(H,25,26)/b16-10+. The van der Waals surface area contributed by atoms with Gasteiger partial charge in [0.05, 0.1) is 6.61 Å². The Hall–Kier alpha value is -3.40. The van der Waals surface area contributed by atoms with Crippen molar-refractivity contribution < 1.29 is 23.0 Å². The lowest BCUT2D eigenvalue weighted by Gasteiger charge is -2.12. The molecule has 1 amide bonds. The molecule has 7 heteroatoms. The Labute approximate surface area is 162 Å². The minimum Gasteiger partial charge on any atom is -0.490 e. The molecule has 28 heavy (non-hydrogen) atoms. The summed E-state index contributed by atoms with van der Waals surface area (Å²) in [6.45, 7) is 2.75. The first-order valence-electron chi connectivity index (χ1n) is 8.56. The van der Waals surface area contributed by atoms with Crippen LogP contribution >= 0.6 is 0 Å². The Bertz CT molecular complexity index is 934. The summed E-state index contributed by atoms with van der Waals surface area (Å²) in [7, 11) is 0. The van der Waals surface area contributed by atoms with E-state index in [4.69, 9.17) is 4.74 Å². The number of benzene rings is 2. The monoisotopic (exact) mass is 386 g/mol. The van der Waals surface area contributed by atoms with Gasteiger partial charge in [0.25, 0.3) is 5.91 Å². The number of aryl methyl sites for hydroxylation is 1. The van der Waals surface area contributed by atoms with Crippen LogP contribution in [-0.4, -0.2) is 19.1 Å². The summed E-state index contributed by atoms with van der Waals surface area (Å²) in [6.07, 6.45) is 1.36. The average Bonchev–Trinajstić information content (AvgIpc) is 2.65. The number of carbonyl (C=O) groups is 1. The van der Waals surface area contributed by atoms with E-state index in [1.165, 1.54) is 24.3 Å². The van der Waals surface area contributed by atoms with Gasteiger partial charge in [0.15, 0.2) is 11.5 Å². The molecule has 146 valence electrons. The van der Waals surface area contributed by atoms with Gasteiger partial charge in [-0.2, -0.15) is 14.0 Å². The van der Waals surface area contributed by atoms with Gasteiger partial charge in [0.1, 0.15) is 11.6 Å². The molecule has 0 atom stereocenters. The van der Waals surface area contributed by atoms with E-state index in [1.807, 2.05) is 32.0 Å². The lowest BCUT2D eigenvalue weighted by molar-refractivity contribution is -0.112. The van der Waals surface area contributed by atoms with Gasteiger partial charge in [-0.15, -0.1) is 0 Å². The number of alkyl halides is 2. The lowest BCUT2D eigenvalue weighted by atomic mass is 10.1. The first-order chi connectivity index (χ1) is 13.3. The highest BCUT2D eigenvalue weighted by molar-refractivity contribution is 6.10. The van der Waals surface area contributed by atoms with Crippen molar-refractivity contribution in [2.24, 2.45) is 0 Å². The van der Waals surface area contributed by atoms with E-state index in [0.717, 1.165) is 11.1 Å². The normalized spacial score (nSPS) is 11.1. The van der Waals surface area contributed by atoms with Gasteiger partial charge in [-0.3, -0.25) is 4.79 Å². The second-order valence-electron chi connectivity index (χ2n) is 5.89. The number of nitriles is 1. The van der Waals surface area contributed by atoms with Crippen LogP contribution in [0.4, 0.5) is 14.5 Å². The molecule has 0 aliphatic carbocycles. The number of ether oxygens (including phenoxy) is 2. The maximum absolute atomic E-state index is 12.5. The smallest absolute Gasteiger partial charge is 0.387 e. The first-order valence-corrected chi connectivity index (χ1v) is 8.56. The van der Waals surface area contributed by atoms with E-state index < -0.39 is 12.5 Å². The average molecular weight is 386 g/mol. The predicted molar refractivity (Wildman–Crippen MR) is 102 cm³/mol. The molecule has 5 nitrogen and oxygen atoms in total. The summed E-state index contributed by atoms with van der Waals surface area (Å²) in [5, 5.41) is 12.1. The molecule has 0 heterocycles. The number of carbonyl (C=O) groups excluding carboxylic acids is 1. The Morgan fingerprint density at radius 2 is 2.00 bits per heavy atom. The van der Waals surface area contributed by atoms with E-state index in [0.29, 0.717) is 11.3 Å². The van der Waals surface area contributed by atoms with Crippen molar-refractivity contribution in [1.82, 2.24) is 0 Å². The van der Waals surface area contributed by atoms with E-state index in [-0.39, 0.29) is 23.7 Å². The van der Waals surface area contributed by atoms with Gasteiger partial charge in [-0.25, -0.2) is 0 Å². The quantitative estimate of drug-likeness (QED) is 0.545. The van der Waals surface area contributed by atoms with Crippen molar-refractivity contribution >= 4 is 17.7 Å². The Morgan fingerprint density at radius 1 is 1.25 bits per heavy atom. The molecular weight excluding hydrogens is 366 g/mol. The SMILES string of the molecule is CCOc1cc(/C=C(\C#N)C(=O)Nc2cccc(C)c2C)ccc1OC(F)F. The molecule has 0 saturated heterocycles. The van der Waals surface area contributed by atoms with Crippen LogP contribution in [0.1, 0.15) is 23.6 Å². The number of nitrogens with zero attached hydrogens (tertiary/aromatic N) is 1. The highest BCUT2D eigenvalue weighted by Gasteiger charge is 2.14. The molecule has 2 aromatic carbocycles. The van der Waals surface area contributed by atoms with Gasteiger partial charge in [0, 0.05) is 5.69 Å². The zero-order valence-electron chi connectivity index (χ0n) is 15.8. The summed E-state index contributed by atoms with van der Waals surface area (Å²) >= 11 is 0. The maximum atomic E-state index is 12.5. The molecule has 0 radical (unpaired) electrons. The highest BCUT2D eigenvalue weighted by atomic mass is 19.3. The fourth-order valence-electron chi connectivity index (χ4n) is 2.47. The maximum Gasteiger partial charge on any atom is 0.387 e. The van der Waals surface area contributed by atoms with Crippen molar-refractivity contribution in [2.75, 3.05) is 11.9 Å². The molecule has 0 fully saturated rings. The van der Waals surface area contributed by atoms with Crippen LogP contribution in [0.5, 0.6) is 11.5 Å². The summed E-state index contributed by atoms with van der Waals surface area (Å²) in [5.74, 6) is -0.585. The van der Waals surface area contributed by atoms with E-state index in [2.05, 4.69) is 10.1 Å². The van der Waals surface area contributed by atoms with Crippen LogP contribution in [0, 0.1) is 25.2 Å². The number of amides is 1. The van der Waals surface area contributed by atoms with Crippen LogP contribution in [0.3, 0.4) is 0 Å². The van der Waals surface area contributed by atoms with E-state index >= 15 is 0 Å². The molecular formula is C21H20F2N2O3. The number of nitrogens with one attached hydrogen (secondary N) is 1. The molecule has 0 aromatic heterocycles. The third-order valence-corrected chi connectivity index (χ3v) is 4.01. The molecule has 0 bridgehead atoms. The first kappa shape index (κ1) is 20.9. The number of hydrogen-bond donors (Lipinski definition) is 1. The summed E-state index contributed by atoms with van der Waals surface area (Å²) in [4.78, 5) is 12.5. The minimum atomic E-state index is -2.99. The molecule has 0 unspecified atom stereocenters. The number of rotatable bonds is 7. The van der Waals surface area contributed by atoms with Crippen LogP contribution in [0.15, 0.2) is 42.0 Å². The van der Waals surface area contributed by atoms with Gasteiger partial charge in [0.2, 0.25) is 0 Å². The van der Waals surface area contributed by atoms with Crippen molar-refractivity contribution in [3.8, 4) is 17.6 Å². The summed E-state index contributed by atoms with van der Waals surface area (Å²) < 4.78 is 34.7. The summed E-state index contributed by atoms with van der Waals surface area (Å²) in [5.41, 5.74) is 2.84. The predicted octanol–water partition coefficient (Wildman–Crippen LogP) is 4.85. The molecule has 0 aliphatic heterocycles. The number of halogens is 2. The number of hydrogen-bond acceptors (Lipinski definition) is 4. The molecule has 0 aliphatic rings. The molecule has 0 saturated carbocycles. The van der Waals surface area contributed by atoms with Gasteiger partial charge < -0.3 is 14.8 Å². The third-order valence-electron chi connectivity index (χ3n) is 4.01. The topological polar surface area (TPSA) is 71.3 Å². The van der Waals surface area contributed by atoms with Crippen molar-refractivity contribution in [2.45, 2.75) is 27.4 Å². The largest absolute Gasteiger partial charge is 0.490 e. The Kier molecular flexibility index (Phi) is 7.10. The number of anilines is 1. The third kappa shape index (κ3) is 5.30. The minimum absolute atomic E-state index is 0.101. The van der Waals surface area contributed by atoms with Gasteiger partial charge in [-0.05, 0) is 61.7 Å². The van der Waals surface area contributed by atoms with Crippen LogP contribution in [0.2, 0.25) is 0 Å². The van der Waals surface area contributed by atoms with E-state index in [9.17, 15) is 18.8 Å². The van der Waals surface area contributed by atoms with Crippen molar-refractivity contribution in [1.29, 1.82) is 5.26 Å². The van der Waals surface area contributed by atoms with Crippen LogP contribution < -0.4 is 14.8 Å². The Morgan fingerprint density at radius 3 is 2.64 bits per heavy atom. The van der Waals surface area contributed by atoms with Gasteiger partial charge in [-0.1, -0.05) is 18.2 Å². The fraction of sp³-hybridized carbons (Fsp3) is 0.238. The molecule has 0 spiro atoms. The van der Waals surface area contributed by atoms with Crippen molar-refractivity contribution in [3.63, 3.8) is 0 Å².